The molecule has 0 aliphatic rings. The van der Waals surface area contributed by atoms with Crippen LogP contribution < -0.4 is 11.1 Å². The van der Waals surface area contributed by atoms with Gasteiger partial charge in [-0.1, -0.05) is 35.3 Å². The third kappa shape index (κ3) is 3.10. The molecular formula is C15H11Cl2N3O. The lowest BCUT2D eigenvalue weighted by Gasteiger charge is -2.10. The number of nitrogens with zero attached hydrogens (tertiary/aromatic N) is 1. The van der Waals surface area contributed by atoms with Gasteiger partial charge in [0, 0.05) is 5.56 Å². The Balaban J connectivity index is 2.36. The number of nitrogens with two attached hydrogens (primary N) is 1. The van der Waals surface area contributed by atoms with E-state index in [2.05, 4.69) is 11.4 Å². The maximum Gasteiger partial charge on any atom is 0.255 e. The van der Waals surface area contributed by atoms with Crippen molar-refractivity contribution >= 4 is 40.5 Å². The summed E-state index contributed by atoms with van der Waals surface area (Å²) in [7, 11) is 0. The molecule has 1 amide bonds. The molecule has 0 atom stereocenters. The fourth-order valence-electron chi connectivity index (χ4n) is 1.86. The molecule has 4 nitrogen and oxygen atoms in total. The number of halogens is 2. The average Bonchev–Trinajstić information content (AvgIpc) is 2.44. The SMILES string of the molecule is Cc1cccc(NC(=O)c2cc(N)c(Cl)c(Cl)c2)c1C#N. The van der Waals surface area contributed by atoms with E-state index in [-0.39, 0.29) is 21.3 Å². The molecule has 0 aromatic heterocycles. The van der Waals surface area contributed by atoms with Gasteiger partial charge < -0.3 is 11.1 Å². The first-order valence-corrected chi connectivity index (χ1v) is 6.75. The molecule has 6 heteroatoms. The highest BCUT2D eigenvalue weighted by atomic mass is 35.5. The predicted octanol–water partition coefficient (Wildman–Crippen LogP) is 4.01. The van der Waals surface area contributed by atoms with E-state index in [1.54, 1.807) is 25.1 Å². The summed E-state index contributed by atoms with van der Waals surface area (Å²) in [6, 6.07) is 10.1. The third-order valence-electron chi connectivity index (χ3n) is 2.95. The van der Waals surface area contributed by atoms with Gasteiger partial charge in [0.05, 0.1) is 27.0 Å². The number of aryl methyl sites for hydroxylation is 1. The Bertz CT molecular complexity index is 743. The van der Waals surface area contributed by atoms with Crippen molar-refractivity contribution in [3.05, 3.63) is 57.1 Å². The summed E-state index contributed by atoms with van der Waals surface area (Å²) < 4.78 is 0. The zero-order chi connectivity index (χ0) is 15.6. The van der Waals surface area contributed by atoms with Crippen LogP contribution in [0.4, 0.5) is 11.4 Å². The lowest BCUT2D eigenvalue weighted by Crippen LogP contribution is -2.13. The normalized spacial score (nSPS) is 10.0. The molecule has 0 radical (unpaired) electrons. The number of benzene rings is 2. The van der Waals surface area contributed by atoms with Crippen LogP contribution in [0.15, 0.2) is 30.3 Å². The van der Waals surface area contributed by atoms with Crippen LogP contribution in [-0.2, 0) is 0 Å². The molecule has 0 saturated carbocycles. The number of carbonyl (C=O) groups is 1. The minimum atomic E-state index is -0.414. The van der Waals surface area contributed by atoms with Gasteiger partial charge in [0.1, 0.15) is 6.07 Å². The largest absolute Gasteiger partial charge is 0.397 e. The minimum Gasteiger partial charge on any atom is -0.397 e. The van der Waals surface area contributed by atoms with Crippen molar-refractivity contribution in [2.45, 2.75) is 6.92 Å². The Morgan fingerprint density at radius 2 is 2.05 bits per heavy atom. The van der Waals surface area contributed by atoms with Gasteiger partial charge in [-0.25, -0.2) is 0 Å². The Morgan fingerprint density at radius 3 is 2.67 bits per heavy atom. The summed E-state index contributed by atoms with van der Waals surface area (Å²) in [5.74, 6) is -0.414. The number of hydrogen-bond acceptors (Lipinski definition) is 3. The van der Waals surface area contributed by atoms with Gasteiger partial charge in [-0.15, -0.1) is 0 Å². The molecule has 21 heavy (non-hydrogen) atoms. The Labute approximate surface area is 132 Å². The van der Waals surface area contributed by atoms with Crippen molar-refractivity contribution in [3.63, 3.8) is 0 Å². The highest BCUT2D eigenvalue weighted by Crippen LogP contribution is 2.30. The number of nitrogen functional groups attached to an aromatic ring is 1. The van der Waals surface area contributed by atoms with E-state index >= 15 is 0 Å². The fraction of sp³-hybridized carbons (Fsp3) is 0.0667. The van der Waals surface area contributed by atoms with Crippen molar-refractivity contribution < 1.29 is 4.79 Å². The van der Waals surface area contributed by atoms with Crippen molar-refractivity contribution in [3.8, 4) is 6.07 Å². The van der Waals surface area contributed by atoms with E-state index in [1.807, 2.05) is 0 Å². The van der Waals surface area contributed by atoms with Crippen LogP contribution in [0.1, 0.15) is 21.5 Å². The van der Waals surface area contributed by atoms with Crippen LogP contribution in [-0.4, -0.2) is 5.91 Å². The number of rotatable bonds is 2. The summed E-state index contributed by atoms with van der Waals surface area (Å²) in [5, 5.41) is 12.2. The molecule has 3 N–H and O–H groups in total. The molecule has 0 saturated heterocycles. The standard InChI is InChI=1S/C15H11Cl2N3O/c1-8-3-2-4-13(10(8)7-18)20-15(21)9-5-11(16)14(17)12(19)6-9/h2-6H,19H2,1H3,(H,20,21). The van der Waals surface area contributed by atoms with Crippen LogP contribution in [0, 0.1) is 18.3 Å². The van der Waals surface area contributed by atoms with Crippen LogP contribution in [0.5, 0.6) is 0 Å². The van der Waals surface area contributed by atoms with Crippen molar-refractivity contribution in [1.82, 2.24) is 0 Å². The monoisotopic (exact) mass is 319 g/mol. The first-order chi connectivity index (χ1) is 9.93. The number of nitrogens with one attached hydrogen (secondary N) is 1. The molecule has 2 rings (SSSR count). The maximum absolute atomic E-state index is 12.2. The lowest BCUT2D eigenvalue weighted by molar-refractivity contribution is 0.102. The molecule has 0 aliphatic carbocycles. The van der Waals surface area contributed by atoms with E-state index in [4.69, 9.17) is 34.2 Å². The third-order valence-corrected chi connectivity index (χ3v) is 3.77. The summed E-state index contributed by atoms with van der Waals surface area (Å²) >= 11 is 11.8. The summed E-state index contributed by atoms with van der Waals surface area (Å²) in [5.41, 5.74) is 7.81. The van der Waals surface area contributed by atoms with Crippen molar-refractivity contribution in [1.29, 1.82) is 5.26 Å². The van der Waals surface area contributed by atoms with Crippen LogP contribution >= 0.6 is 23.2 Å². The van der Waals surface area contributed by atoms with Gasteiger partial charge in [0.2, 0.25) is 0 Å². The van der Waals surface area contributed by atoms with Crippen LogP contribution in [0.3, 0.4) is 0 Å². The number of nitriles is 1. The van der Waals surface area contributed by atoms with Gasteiger partial charge in [-0.3, -0.25) is 4.79 Å². The lowest BCUT2D eigenvalue weighted by atomic mass is 10.1. The number of carbonyl (C=O) groups excluding carboxylic acids is 1. The molecular weight excluding hydrogens is 309 g/mol. The molecule has 0 fully saturated rings. The minimum absolute atomic E-state index is 0.201. The van der Waals surface area contributed by atoms with E-state index in [9.17, 15) is 4.79 Å². The first-order valence-electron chi connectivity index (χ1n) is 5.99. The topological polar surface area (TPSA) is 78.9 Å². The molecule has 0 spiro atoms. The molecule has 0 unspecified atom stereocenters. The summed E-state index contributed by atoms with van der Waals surface area (Å²) in [6.07, 6.45) is 0. The first kappa shape index (κ1) is 15.2. The predicted molar refractivity (Wildman–Crippen MR) is 84.7 cm³/mol. The Morgan fingerprint density at radius 1 is 1.33 bits per heavy atom. The smallest absolute Gasteiger partial charge is 0.255 e. The zero-order valence-electron chi connectivity index (χ0n) is 11.1. The zero-order valence-corrected chi connectivity index (χ0v) is 12.6. The second kappa shape index (κ2) is 6.04. The fourth-order valence-corrected chi connectivity index (χ4v) is 2.19. The van der Waals surface area contributed by atoms with E-state index < -0.39 is 5.91 Å². The molecule has 0 aliphatic heterocycles. The number of amides is 1. The Kier molecular flexibility index (Phi) is 4.37. The molecule has 2 aromatic rings. The summed E-state index contributed by atoms with van der Waals surface area (Å²) in [4.78, 5) is 12.2. The van der Waals surface area contributed by atoms with Crippen molar-refractivity contribution in [2.24, 2.45) is 0 Å². The van der Waals surface area contributed by atoms with Gasteiger partial charge in [-0.05, 0) is 30.7 Å². The van der Waals surface area contributed by atoms with E-state index in [1.165, 1.54) is 12.1 Å². The van der Waals surface area contributed by atoms with Gasteiger partial charge in [0.25, 0.3) is 5.91 Å². The number of hydrogen-bond donors (Lipinski definition) is 2. The second-order valence-electron chi connectivity index (χ2n) is 4.42. The Hall–Kier alpha value is -2.22. The number of anilines is 2. The van der Waals surface area contributed by atoms with Gasteiger partial charge >= 0.3 is 0 Å². The molecule has 0 heterocycles. The van der Waals surface area contributed by atoms with Gasteiger partial charge in [0.15, 0.2) is 0 Å². The summed E-state index contributed by atoms with van der Waals surface area (Å²) in [6.45, 7) is 1.80. The molecule has 0 bridgehead atoms. The van der Waals surface area contributed by atoms with Crippen LogP contribution in [0.2, 0.25) is 10.0 Å². The highest BCUT2D eigenvalue weighted by Gasteiger charge is 2.13. The molecule has 2 aromatic carbocycles. The van der Waals surface area contributed by atoms with Gasteiger partial charge in [-0.2, -0.15) is 5.26 Å². The maximum atomic E-state index is 12.2. The molecule has 106 valence electrons. The van der Waals surface area contributed by atoms with E-state index in [0.29, 0.717) is 11.3 Å². The average molecular weight is 320 g/mol. The van der Waals surface area contributed by atoms with E-state index in [0.717, 1.165) is 5.56 Å². The highest BCUT2D eigenvalue weighted by molar-refractivity contribution is 6.44. The quantitative estimate of drug-likeness (QED) is 0.821. The second-order valence-corrected chi connectivity index (χ2v) is 5.21. The van der Waals surface area contributed by atoms with Crippen molar-refractivity contribution in [2.75, 3.05) is 11.1 Å². The van der Waals surface area contributed by atoms with Crippen LogP contribution in [0.25, 0.3) is 0 Å².